The molecule has 2 fully saturated rings. The molecule has 2 bridgehead atoms. The van der Waals surface area contributed by atoms with Crippen molar-refractivity contribution in [2.24, 2.45) is 13.0 Å². The fourth-order valence-corrected chi connectivity index (χ4v) is 5.65. The molecule has 1 aromatic heterocycles. The molecule has 180 valence electrons. The summed E-state index contributed by atoms with van der Waals surface area (Å²) < 4.78 is 62.4. The zero-order valence-corrected chi connectivity index (χ0v) is 18.9. The number of hydrogen-bond acceptors (Lipinski definition) is 4. The Bertz CT molecular complexity index is 1050. The van der Waals surface area contributed by atoms with Gasteiger partial charge in [-0.05, 0) is 43.7 Å². The lowest BCUT2D eigenvalue weighted by Gasteiger charge is -2.65. The number of rotatable bonds is 5. The van der Waals surface area contributed by atoms with Crippen LogP contribution in [-0.4, -0.2) is 50.5 Å². The summed E-state index contributed by atoms with van der Waals surface area (Å²) in [5.74, 6) is -0.985. The average Bonchev–Trinajstić information content (AvgIpc) is 3.15. The van der Waals surface area contributed by atoms with Crippen molar-refractivity contribution in [2.45, 2.75) is 63.4 Å². The molecule has 1 aromatic carbocycles. The molecule has 0 spiro atoms. The normalized spacial score (nSPS) is 25.5. The van der Waals surface area contributed by atoms with Gasteiger partial charge < -0.3 is 15.0 Å². The van der Waals surface area contributed by atoms with Gasteiger partial charge in [-0.25, -0.2) is 14.2 Å². The van der Waals surface area contributed by atoms with Crippen LogP contribution in [0.5, 0.6) is 0 Å². The molecule has 2 aliphatic rings. The second kappa shape index (κ2) is 8.27. The van der Waals surface area contributed by atoms with E-state index in [4.69, 9.17) is 4.74 Å². The van der Waals surface area contributed by atoms with Gasteiger partial charge in [0.15, 0.2) is 5.82 Å². The first kappa shape index (κ1) is 23.5. The standard InChI is InChI=1S/C22H27F4N5O2/c1-5-18(33-4)21-9-12(2)6-13(10-21)31(21)20(32)28-17-7-14(19-27-11-30(3)29-19)15(8-16(17)23)22(24,25)26/h7-8,11-13,18H,5-6,9-10H2,1-4H3,(H,28,32)/t12-,13+,18+,21-/m0/s1. The number of halogens is 4. The van der Waals surface area contributed by atoms with Gasteiger partial charge in [0.25, 0.3) is 0 Å². The first-order chi connectivity index (χ1) is 15.5. The molecule has 11 heteroatoms. The minimum atomic E-state index is -4.82. The van der Waals surface area contributed by atoms with E-state index in [0.717, 1.165) is 25.3 Å². The molecule has 0 unspecified atom stereocenters. The van der Waals surface area contributed by atoms with Crippen LogP contribution < -0.4 is 5.32 Å². The Balaban J connectivity index is 1.68. The lowest BCUT2D eigenvalue weighted by atomic mass is 9.61. The SMILES string of the molecule is CC[C@@H](OC)[C@]12C[C@@H](C)C[C@H](C1)N2C(=O)Nc1cc(-c2ncn(C)n2)c(C(F)(F)F)cc1F. The van der Waals surface area contributed by atoms with Gasteiger partial charge in [-0.3, -0.25) is 4.68 Å². The van der Waals surface area contributed by atoms with E-state index in [1.807, 2.05) is 6.92 Å². The number of methoxy groups -OCH3 is 1. The van der Waals surface area contributed by atoms with E-state index in [9.17, 15) is 22.4 Å². The number of likely N-dealkylation sites (tertiary alicyclic amines) is 1. The molecule has 1 N–H and O–H groups in total. The van der Waals surface area contributed by atoms with Crippen LogP contribution >= 0.6 is 0 Å². The van der Waals surface area contributed by atoms with Gasteiger partial charge in [0, 0.05) is 25.8 Å². The molecule has 2 heterocycles. The van der Waals surface area contributed by atoms with Crippen LogP contribution in [0.1, 0.15) is 45.1 Å². The molecule has 2 amide bonds. The van der Waals surface area contributed by atoms with Crippen LogP contribution in [0.3, 0.4) is 0 Å². The van der Waals surface area contributed by atoms with Gasteiger partial charge in [-0.1, -0.05) is 13.8 Å². The van der Waals surface area contributed by atoms with E-state index >= 15 is 0 Å². The molecule has 4 rings (SSSR count). The third-order valence-electron chi connectivity index (χ3n) is 6.78. The summed E-state index contributed by atoms with van der Waals surface area (Å²) in [6.45, 7) is 4.10. The second-order valence-electron chi connectivity index (χ2n) is 9.06. The number of urea groups is 1. The summed E-state index contributed by atoms with van der Waals surface area (Å²) in [4.78, 5) is 18.8. The van der Waals surface area contributed by atoms with Gasteiger partial charge in [0.05, 0.1) is 22.9 Å². The molecular formula is C22H27F4N5O2. The fourth-order valence-electron chi connectivity index (χ4n) is 5.65. The van der Waals surface area contributed by atoms with Crippen LogP contribution in [-0.2, 0) is 18.0 Å². The minimum absolute atomic E-state index is 0.0209. The van der Waals surface area contributed by atoms with Gasteiger partial charge in [0.2, 0.25) is 0 Å². The largest absolute Gasteiger partial charge is 0.417 e. The molecular weight excluding hydrogens is 442 g/mol. The zero-order valence-electron chi connectivity index (χ0n) is 18.9. The Morgan fingerprint density at radius 2 is 2.09 bits per heavy atom. The molecule has 2 aromatic rings. The van der Waals surface area contributed by atoms with E-state index in [0.29, 0.717) is 18.4 Å². The number of carbonyl (C=O) groups is 1. The molecule has 0 radical (unpaired) electrons. The number of carbonyl (C=O) groups excluding carboxylic acids is 1. The van der Waals surface area contributed by atoms with Crippen LogP contribution in [0.2, 0.25) is 0 Å². The highest BCUT2D eigenvalue weighted by atomic mass is 19.4. The van der Waals surface area contributed by atoms with Crippen LogP contribution in [0.15, 0.2) is 18.5 Å². The van der Waals surface area contributed by atoms with Crippen molar-refractivity contribution in [3.05, 3.63) is 29.8 Å². The molecule has 33 heavy (non-hydrogen) atoms. The van der Waals surface area contributed by atoms with Crippen molar-refractivity contribution in [3.8, 4) is 11.4 Å². The van der Waals surface area contributed by atoms with Crippen molar-refractivity contribution in [1.82, 2.24) is 19.7 Å². The maximum Gasteiger partial charge on any atom is 0.417 e. The first-order valence-corrected chi connectivity index (χ1v) is 10.9. The third kappa shape index (κ3) is 3.96. The predicted molar refractivity (Wildman–Crippen MR) is 113 cm³/mol. The van der Waals surface area contributed by atoms with Crippen molar-refractivity contribution >= 4 is 11.7 Å². The monoisotopic (exact) mass is 469 g/mol. The molecule has 7 nitrogen and oxygen atoms in total. The molecule has 4 atom stereocenters. The Morgan fingerprint density at radius 3 is 2.67 bits per heavy atom. The number of amides is 2. The minimum Gasteiger partial charge on any atom is -0.379 e. The van der Waals surface area contributed by atoms with Crippen molar-refractivity contribution < 1.29 is 27.1 Å². The molecule has 1 aliphatic heterocycles. The Labute approximate surface area is 189 Å². The van der Waals surface area contributed by atoms with E-state index in [1.165, 1.54) is 18.1 Å². The van der Waals surface area contributed by atoms with Crippen molar-refractivity contribution in [3.63, 3.8) is 0 Å². The highest BCUT2D eigenvalue weighted by Gasteiger charge is 2.61. The van der Waals surface area contributed by atoms with E-state index in [2.05, 4.69) is 22.3 Å². The first-order valence-electron chi connectivity index (χ1n) is 10.9. The second-order valence-corrected chi connectivity index (χ2v) is 9.06. The average molecular weight is 469 g/mol. The maximum atomic E-state index is 14.8. The third-order valence-corrected chi connectivity index (χ3v) is 6.78. The number of hydrogen-bond donors (Lipinski definition) is 1. The maximum absolute atomic E-state index is 14.8. The van der Waals surface area contributed by atoms with Crippen LogP contribution in [0.25, 0.3) is 11.4 Å². The number of anilines is 1. The lowest BCUT2D eigenvalue weighted by Crippen LogP contribution is -2.76. The Hall–Kier alpha value is -2.69. The summed E-state index contributed by atoms with van der Waals surface area (Å²) in [7, 11) is 3.12. The fraction of sp³-hybridized carbons (Fsp3) is 0.591. The number of fused-ring (bicyclic) bond motifs is 2. The van der Waals surface area contributed by atoms with Crippen LogP contribution in [0.4, 0.5) is 28.0 Å². The summed E-state index contributed by atoms with van der Waals surface area (Å²) in [5, 5.41) is 6.43. The number of piperidine rings is 1. The van der Waals surface area contributed by atoms with Crippen molar-refractivity contribution in [2.75, 3.05) is 12.4 Å². The summed E-state index contributed by atoms with van der Waals surface area (Å²) >= 11 is 0. The number of nitrogens with zero attached hydrogens (tertiary/aromatic N) is 4. The number of ether oxygens (including phenoxy) is 1. The van der Waals surface area contributed by atoms with E-state index in [-0.39, 0.29) is 23.7 Å². The number of nitrogens with one attached hydrogen (secondary N) is 1. The Morgan fingerprint density at radius 1 is 1.36 bits per heavy atom. The van der Waals surface area contributed by atoms with Gasteiger partial charge in [0.1, 0.15) is 12.1 Å². The number of aryl methyl sites for hydroxylation is 1. The summed E-state index contributed by atoms with van der Waals surface area (Å²) in [6.07, 6.45) is -0.707. The number of aromatic nitrogens is 3. The Kier molecular flexibility index (Phi) is 5.88. The van der Waals surface area contributed by atoms with Crippen molar-refractivity contribution in [1.29, 1.82) is 0 Å². The summed E-state index contributed by atoms with van der Waals surface area (Å²) in [6, 6.07) is 0.754. The van der Waals surface area contributed by atoms with E-state index in [1.54, 1.807) is 12.0 Å². The zero-order chi connectivity index (χ0) is 24.1. The lowest BCUT2D eigenvalue weighted by molar-refractivity contribution is -0.162. The smallest absolute Gasteiger partial charge is 0.379 e. The van der Waals surface area contributed by atoms with Gasteiger partial charge in [-0.15, -0.1) is 0 Å². The highest BCUT2D eigenvalue weighted by molar-refractivity contribution is 5.92. The topological polar surface area (TPSA) is 72.3 Å². The predicted octanol–water partition coefficient (Wildman–Crippen LogP) is 4.84. The molecule has 1 aliphatic carbocycles. The number of alkyl halides is 3. The number of benzene rings is 1. The van der Waals surface area contributed by atoms with Gasteiger partial charge in [-0.2, -0.15) is 18.3 Å². The summed E-state index contributed by atoms with van der Waals surface area (Å²) in [5.41, 5.74) is -2.48. The molecule has 1 saturated heterocycles. The van der Waals surface area contributed by atoms with Gasteiger partial charge >= 0.3 is 12.2 Å². The quantitative estimate of drug-likeness (QED) is 0.636. The van der Waals surface area contributed by atoms with Crippen LogP contribution in [0, 0.1) is 11.7 Å². The van der Waals surface area contributed by atoms with E-state index < -0.39 is 34.7 Å². The highest BCUT2D eigenvalue weighted by Crippen LogP contribution is 2.53. The molecule has 1 saturated carbocycles.